The molecule has 116 valence electrons. The van der Waals surface area contributed by atoms with Gasteiger partial charge >= 0.3 is 0 Å². The third-order valence-corrected chi connectivity index (χ3v) is 7.33. The van der Waals surface area contributed by atoms with Gasteiger partial charge in [-0.1, -0.05) is 44.2 Å². The molecule has 0 spiro atoms. The van der Waals surface area contributed by atoms with Crippen molar-refractivity contribution in [2.24, 2.45) is 16.7 Å². The van der Waals surface area contributed by atoms with Crippen LogP contribution in [-0.2, 0) is 18.9 Å². The van der Waals surface area contributed by atoms with Crippen LogP contribution in [0.1, 0.15) is 26.7 Å². The maximum absolute atomic E-state index is 12.9. The predicted molar refractivity (Wildman–Crippen MR) is 77.6 cm³/mol. The van der Waals surface area contributed by atoms with Gasteiger partial charge in [0.2, 0.25) is 11.6 Å². The Morgan fingerprint density at radius 1 is 1.23 bits per heavy atom. The summed E-state index contributed by atoms with van der Waals surface area (Å²) >= 11 is 0. The molecule has 22 heavy (non-hydrogen) atoms. The first kappa shape index (κ1) is 15.3. The van der Waals surface area contributed by atoms with E-state index < -0.39 is 41.2 Å². The van der Waals surface area contributed by atoms with Gasteiger partial charge in [-0.2, -0.15) is 0 Å². The highest BCUT2D eigenvalue weighted by atomic mass is 31.2. The zero-order chi connectivity index (χ0) is 16.3. The van der Waals surface area contributed by atoms with Gasteiger partial charge in [0.1, 0.15) is 12.8 Å². The van der Waals surface area contributed by atoms with E-state index in [2.05, 4.69) is 0 Å². The highest BCUT2D eigenvalue weighted by molar-refractivity contribution is 7.81. The number of carbonyl (C=O) groups excluding carboxylic acids is 3. The van der Waals surface area contributed by atoms with Crippen LogP contribution >= 0.6 is 7.37 Å². The van der Waals surface area contributed by atoms with Crippen LogP contribution in [-0.4, -0.2) is 17.1 Å². The minimum absolute atomic E-state index is 0.110. The van der Waals surface area contributed by atoms with Crippen LogP contribution < -0.4 is 10.2 Å². The van der Waals surface area contributed by atoms with Crippen molar-refractivity contribution < 1.29 is 23.8 Å². The first-order chi connectivity index (χ1) is 10.2. The standard InChI is InChI=1S/C16H17O5P/c1-15(2)11-8-9-16(15,13(18)12(11)17)14(19)22(20,21)10-6-4-3-5-7-10/h3-7,11H,8-9H2,1-2H3,(H,20,21)/p-1. The summed E-state index contributed by atoms with van der Waals surface area (Å²) in [5.74, 6) is -1.98. The largest absolute Gasteiger partial charge is 0.791 e. The number of Topliss-reactive ketones (excluding diaryl/α,β-unsaturated/α-hetero) is 2. The van der Waals surface area contributed by atoms with E-state index in [-0.39, 0.29) is 11.7 Å². The molecule has 0 N–H and O–H groups in total. The summed E-state index contributed by atoms with van der Waals surface area (Å²) in [5.41, 5.74) is -3.77. The molecule has 5 nitrogen and oxygen atoms in total. The second kappa shape index (κ2) is 4.46. The van der Waals surface area contributed by atoms with Crippen molar-refractivity contribution in [3.63, 3.8) is 0 Å². The molecule has 0 radical (unpaired) electrons. The average Bonchev–Trinajstić information content (AvgIpc) is 2.83. The molecule has 2 saturated carbocycles. The SMILES string of the molecule is CC1(C)C2CCC1(C(=O)P(=O)([O-])c1ccccc1)C(=O)C2=O. The number of hydrogen-bond acceptors (Lipinski definition) is 5. The molecule has 0 aromatic heterocycles. The summed E-state index contributed by atoms with van der Waals surface area (Å²) in [6, 6.07) is 7.36. The minimum atomic E-state index is -4.65. The molecule has 2 fully saturated rings. The summed E-state index contributed by atoms with van der Waals surface area (Å²) in [6.07, 6.45) is 0.519. The molecular weight excluding hydrogens is 303 g/mol. The molecule has 1 aromatic carbocycles. The number of benzene rings is 1. The number of ketones is 2. The second-order valence-corrected chi connectivity index (χ2v) is 8.63. The van der Waals surface area contributed by atoms with Gasteiger partial charge in [-0.3, -0.25) is 14.4 Å². The first-order valence-corrected chi connectivity index (χ1v) is 8.80. The Morgan fingerprint density at radius 3 is 2.32 bits per heavy atom. The molecule has 0 heterocycles. The van der Waals surface area contributed by atoms with E-state index >= 15 is 0 Å². The Balaban J connectivity index is 2.15. The lowest BCUT2D eigenvalue weighted by Gasteiger charge is -2.38. The van der Waals surface area contributed by atoms with Crippen molar-refractivity contribution in [1.29, 1.82) is 0 Å². The van der Waals surface area contributed by atoms with Crippen LogP contribution in [0.25, 0.3) is 0 Å². The van der Waals surface area contributed by atoms with Gasteiger partial charge in [0.15, 0.2) is 5.52 Å². The number of fused-ring (bicyclic) bond motifs is 2. The highest BCUT2D eigenvalue weighted by Gasteiger charge is 2.73. The van der Waals surface area contributed by atoms with Crippen molar-refractivity contribution in [3.05, 3.63) is 30.3 Å². The fourth-order valence-corrected chi connectivity index (χ4v) is 5.85. The van der Waals surface area contributed by atoms with Gasteiger partial charge < -0.3 is 9.46 Å². The fraction of sp³-hybridized carbons (Fsp3) is 0.438. The maximum Gasteiger partial charge on any atom is 0.213 e. The molecule has 6 heteroatoms. The topological polar surface area (TPSA) is 91.3 Å². The molecule has 3 atom stereocenters. The quantitative estimate of drug-likeness (QED) is 0.472. The van der Waals surface area contributed by atoms with Gasteiger partial charge in [0, 0.05) is 11.2 Å². The molecule has 3 unspecified atom stereocenters. The van der Waals surface area contributed by atoms with Crippen molar-refractivity contribution in [3.8, 4) is 0 Å². The smallest absolute Gasteiger partial charge is 0.213 e. The normalized spacial score (nSPS) is 32.0. The van der Waals surface area contributed by atoms with Gasteiger partial charge in [-0.05, 0) is 18.3 Å². The Labute approximate surface area is 128 Å². The lowest BCUT2D eigenvalue weighted by Crippen LogP contribution is -2.47. The Bertz CT molecular complexity index is 736. The lowest BCUT2D eigenvalue weighted by molar-refractivity contribution is -0.179. The van der Waals surface area contributed by atoms with E-state index in [1.165, 1.54) is 24.3 Å². The maximum atomic E-state index is 12.9. The number of carbonyl (C=O) groups is 3. The number of hydrogen-bond donors (Lipinski definition) is 0. The van der Waals surface area contributed by atoms with Crippen molar-refractivity contribution >= 4 is 29.8 Å². The summed E-state index contributed by atoms with van der Waals surface area (Å²) in [4.78, 5) is 50.0. The second-order valence-electron chi connectivity index (χ2n) is 6.60. The zero-order valence-electron chi connectivity index (χ0n) is 12.4. The van der Waals surface area contributed by atoms with Crippen LogP contribution in [0.15, 0.2) is 30.3 Å². The zero-order valence-corrected chi connectivity index (χ0v) is 13.3. The summed E-state index contributed by atoms with van der Waals surface area (Å²) < 4.78 is 12.7. The fourth-order valence-electron chi connectivity index (χ4n) is 4.05. The Hall–Kier alpha value is -1.58. The molecule has 1 aromatic rings. The monoisotopic (exact) mass is 319 g/mol. The lowest BCUT2D eigenvalue weighted by atomic mass is 9.70. The van der Waals surface area contributed by atoms with Gasteiger partial charge in [0.25, 0.3) is 0 Å². The van der Waals surface area contributed by atoms with Gasteiger partial charge in [0.05, 0.1) is 0 Å². The van der Waals surface area contributed by atoms with Crippen molar-refractivity contribution in [2.75, 3.05) is 0 Å². The van der Waals surface area contributed by atoms with Crippen LogP contribution in [0.5, 0.6) is 0 Å². The summed E-state index contributed by atoms with van der Waals surface area (Å²) in [6.45, 7) is 3.30. The molecule has 0 saturated heterocycles. The molecular formula is C16H16O5P-. The molecule has 2 aliphatic rings. The molecule has 3 rings (SSSR count). The number of rotatable bonds is 3. The molecule has 2 aliphatic carbocycles. The van der Waals surface area contributed by atoms with Gasteiger partial charge in [-0.25, -0.2) is 0 Å². The molecule has 0 amide bonds. The molecule has 2 bridgehead atoms. The van der Waals surface area contributed by atoms with E-state index in [9.17, 15) is 23.8 Å². The van der Waals surface area contributed by atoms with Crippen LogP contribution in [0.4, 0.5) is 0 Å². The minimum Gasteiger partial charge on any atom is -0.791 e. The van der Waals surface area contributed by atoms with E-state index in [0.29, 0.717) is 6.42 Å². The Kier molecular flexibility index (Phi) is 3.11. The first-order valence-electron chi connectivity index (χ1n) is 7.17. The average molecular weight is 319 g/mol. The van der Waals surface area contributed by atoms with Crippen molar-refractivity contribution in [1.82, 2.24) is 0 Å². The van der Waals surface area contributed by atoms with Crippen LogP contribution in [0.2, 0.25) is 0 Å². The summed E-state index contributed by atoms with van der Waals surface area (Å²) in [7, 11) is -4.65. The van der Waals surface area contributed by atoms with Crippen molar-refractivity contribution in [2.45, 2.75) is 26.7 Å². The van der Waals surface area contributed by atoms with Crippen LogP contribution in [0.3, 0.4) is 0 Å². The molecule has 0 aliphatic heterocycles. The van der Waals surface area contributed by atoms with E-state index in [0.717, 1.165) is 0 Å². The third kappa shape index (κ3) is 1.58. The third-order valence-electron chi connectivity index (χ3n) is 5.44. The van der Waals surface area contributed by atoms with Crippen LogP contribution in [0, 0.1) is 16.7 Å². The van der Waals surface area contributed by atoms with E-state index in [1.54, 1.807) is 19.9 Å². The Morgan fingerprint density at radius 2 is 1.82 bits per heavy atom. The summed E-state index contributed by atoms with van der Waals surface area (Å²) in [5, 5.41) is -0.110. The van der Waals surface area contributed by atoms with Gasteiger partial charge in [-0.15, -0.1) is 0 Å². The van der Waals surface area contributed by atoms with E-state index in [1.807, 2.05) is 0 Å². The highest BCUT2D eigenvalue weighted by Crippen LogP contribution is 2.66. The van der Waals surface area contributed by atoms with E-state index in [4.69, 9.17) is 0 Å². The predicted octanol–water partition coefficient (Wildman–Crippen LogP) is 1.05.